The molecule has 0 spiro atoms. The molecule has 0 amide bonds. The van der Waals surface area contributed by atoms with Crippen molar-refractivity contribution >= 4 is 40.3 Å². The summed E-state index contributed by atoms with van der Waals surface area (Å²) in [4.78, 5) is 1.91. The van der Waals surface area contributed by atoms with Gasteiger partial charge in [0.2, 0.25) is 0 Å². The van der Waals surface area contributed by atoms with Crippen molar-refractivity contribution in [1.82, 2.24) is 14.8 Å². The number of thiocarbonyl (C=S) groups is 1. The van der Waals surface area contributed by atoms with Gasteiger partial charge < -0.3 is 14.8 Å². The van der Waals surface area contributed by atoms with Crippen LogP contribution in [0.2, 0.25) is 5.02 Å². The van der Waals surface area contributed by atoms with Crippen LogP contribution in [0.1, 0.15) is 30.9 Å². The predicted molar refractivity (Wildman–Crippen MR) is 118 cm³/mol. The van der Waals surface area contributed by atoms with Crippen molar-refractivity contribution in [2.45, 2.75) is 38.8 Å². The fourth-order valence-corrected chi connectivity index (χ4v) is 3.84. The standard InChI is InChI=1S/C21H21ClFN5S/c22-15-5-9-17(10-6-15)24-21(29)28(18-11-7-16(23)8-12-18)14-20-26-25-19-4-2-1-3-13-27(19)20/h5-12H,1-4,13-14H2,(H,24,29). The Morgan fingerprint density at radius 1 is 1.07 bits per heavy atom. The van der Waals surface area contributed by atoms with E-state index in [1.54, 1.807) is 24.3 Å². The molecule has 0 radical (unpaired) electrons. The number of aromatic nitrogens is 3. The lowest BCUT2D eigenvalue weighted by Crippen LogP contribution is -2.35. The van der Waals surface area contributed by atoms with Gasteiger partial charge >= 0.3 is 0 Å². The van der Waals surface area contributed by atoms with Crippen LogP contribution in [0, 0.1) is 5.82 Å². The van der Waals surface area contributed by atoms with Crippen molar-refractivity contribution in [1.29, 1.82) is 0 Å². The van der Waals surface area contributed by atoms with Gasteiger partial charge in [0, 0.05) is 29.4 Å². The number of anilines is 2. The predicted octanol–water partition coefficient (Wildman–Crippen LogP) is 5.20. The Kier molecular flexibility index (Phi) is 6.06. The topological polar surface area (TPSA) is 46.0 Å². The minimum Gasteiger partial charge on any atom is -0.332 e. The number of hydrogen-bond acceptors (Lipinski definition) is 3. The zero-order valence-electron chi connectivity index (χ0n) is 15.8. The van der Waals surface area contributed by atoms with Crippen molar-refractivity contribution in [2.24, 2.45) is 0 Å². The molecule has 0 fully saturated rings. The van der Waals surface area contributed by atoms with Gasteiger partial charge in [-0.25, -0.2) is 4.39 Å². The smallest absolute Gasteiger partial charge is 0.178 e. The van der Waals surface area contributed by atoms with Crippen molar-refractivity contribution in [3.63, 3.8) is 0 Å². The molecular weight excluding hydrogens is 409 g/mol. The Labute approximate surface area is 179 Å². The SMILES string of the molecule is Fc1ccc(N(Cc2nnc3n2CCCCC3)C(=S)Nc2ccc(Cl)cc2)cc1. The van der Waals surface area contributed by atoms with Gasteiger partial charge in [-0.2, -0.15) is 0 Å². The quantitative estimate of drug-likeness (QED) is 0.577. The zero-order valence-corrected chi connectivity index (χ0v) is 17.4. The first-order valence-corrected chi connectivity index (χ1v) is 10.4. The molecule has 29 heavy (non-hydrogen) atoms. The Bertz CT molecular complexity index is 987. The Hall–Kier alpha value is -2.51. The first-order chi connectivity index (χ1) is 14.1. The van der Waals surface area contributed by atoms with Gasteiger partial charge in [-0.3, -0.25) is 0 Å². The van der Waals surface area contributed by atoms with E-state index in [4.69, 9.17) is 23.8 Å². The van der Waals surface area contributed by atoms with Crippen LogP contribution < -0.4 is 10.2 Å². The summed E-state index contributed by atoms with van der Waals surface area (Å²) in [5.41, 5.74) is 1.61. The molecule has 1 aromatic heterocycles. The van der Waals surface area contributed by atoms with Gasteiger partial charge in [0.05, 0.1) is 6.54 Å². The monoisotopic (exact) mass is 429 g/mol. The number of fused-ring (bicyclic) bond motifs is 1. The minimum atomic E-state index is -0.290. The molecule has 2 aromatic carbocycles. The first-order valence-electron chi connectivity index (χ1n) is 9.61. The van der Waals surface area contributed by atoms with E-state index < -0.39 is 0 Å². The molecule has 1 N–H and O–H groups in total. The van der Waals surface area contributed by atoms with E-state index in [9.17, 15) is 4.39 Å². The molecule has 0 unspecified atom stereocenters. The molecule has 150 valence electrons. The number of aryl methyl sites for hydroxylation is 1. The largest absolute Gasteiger partial charge is 0.332 e. The van der Waals surface area contributed by atoms with Gasteiger partial charge in [-0.15, -0.1) is 10.2 Å². The molecule has 8 heteroatoms. The second-order valence-electron chi connectivity index (χ2n) is 6.99. The number of benzene rings is 2. The number of rotatable bonds is 4. The first kappa shape index (κ1) is 19.8. The van der Waals surface area contributed by atoms with Crippen LogP contribution in [0.3, 0.4) is 0 Å². The molecule has 4 rings (SSSR count). The molecular formula is C21H21ClFN5S. The molecule has 0 atom stereocenters. The van der Waals surface area contributed by atoms with Crippen LogP contribution in [0.15, 0.2) is 48.5 Å². The highest BCUT2D eigenvalue weighted by atomic mass is 35.5. The molecule has 0 aliphatic carbocycles. The van der Waals surface area contributed by atoms with Gasteiger partial charge in [-0.1, -0.05) is 18.0 Å². The molecule has 1 aliphatic rings. The van der Waals surface area contributed by atoms with E-state index in [0.717, 1.165) is 48.8 Å². The van der Waals surface area contributed by atoms with E-state index in [0.29, 0.717) is 16.7 Å². The summed E-state index contributed by atoms with van der Waals surface area (Å²) in [5.74, 6) is 1.58. The lowest BCUT2D eigenvalue weighted by molar-refractivity contribution is 0.605. The van der Waals surface area contributed by atoms with Crippen LogP contribution in [0.25, 0.3) is 0 Å². The third-order valence-corrected chi connectivity index (χ3v) is 5.54. The average Bonchev–Trinajstić information content (AvgIpc) is 2.94. The highest BCUT2D eigenvalue weighted by molar-refractivity contribution is 7.80. The molecule has 1 aliphatic heterocycles. The summed E-state index contributed by atoms with van der Waals surface area (Å²) in [6.07, 6.45) is 4.39. The third-order valence-electron chi connectivity index (χ3n) is 4.96. The van der Waals surface area contributed by atoms with Crippen molar-refractivity contribution in [3.8, 4) is 0 Å². The average molecular weight is 430 g/mol. The van der Waals surface area contributed by atoms with Gasteiger partial charge in [0.1, 0.15) is 11.6 Å². The molecule has 0 saturated carbocycles. The normalized spacial score (nSPS) is 13.4. The maximum atomic E-state index is 13.5. The Morgan fingerprint density at radius 2 is 1.83 bits per heavy atom. The second-order valence-corrected chi connectivity index (χ2v) is 7.82. The lowest BCUT2D eigenvalue weighted by atomic mass is 10.2. The van der Waals surface area contributed by atoms with E-state index >= 15 is 0 Å². The summed E-state index contributed by atoms with van der Waals surface area (Å²) in [7, 11) is 0. The Balaban J connectivity index is 1.62. The van der Waals surface area contributed by atoms with E-state index in [1.165, 1.54) is 18.6 Å². The van der Waals surface area contributed by atoms with Crippen molar-refractivity contribution in [3.05, 3.63) is 71.0 Å². The number of nitrogens with zero attached hydrogens (tertiary/aromatic N) is 4. The van der Waals surface area contributed by atoms with Crippen molar-refractivity contribution < 1.29 is 4.39 Å². The lowest BCUT2D eigenvalue weighted by Gasteiger charge is -2.26. The molecule has 0 bridgehead atoms. The number of halogens is 2. The molecule has 5 nitrogen and oxygen atoms in total. The van der Waals surface area contributed by atoms with Crippen LogP contribution in [0.5, 0.6) is 0 Å². The summed E-state index contributed by atoms with van der Waals surface area (Å²) < 4.78 is 15.7. The van der Waals surface area contributed by atoms with Crippen LogP contribution >= 0.6 is 23.8 Å². The van der Waals surface area contributed by atoms with Crippen LogP contribution in [0.4, 0.5) is 15.8 Å². The molecule has 3 aromatic rings. The van der Waals surface area contributed by atoms with E-state index in [-0.39, 0.29) is 5.82 Å². The van der Waals surface area contributed by atoms with Gasteiger partial charge in [0.15, 0.2) is 10.9 Å². The maximum absolute atomic E-state index is 13.5. The maximum Gasteiger partial charge on any atom is 0.178 e. The molecule has 0 saturated heterocycles. The Morgan fingerprint density at radius 3 is 2.59 bits per heavy atom. The fourth-order valence-electron chi connectivity index (χ4n) is 3.43. The van der Waals surface area contributed by atoms with Crippen molar-refractivity contribution in [2.75, 3.05) is 10.2 Å². The third kappa shape index (κ3) is 4.74. The van der Waals surface area contributed by atoms with Gasteiger partial charge in [-0.05, 0) is 73.6 Å². The van der Waals surface area contributed by atoms with Crippen LogP contribution in [-0.2, 0) is 19.5 Å². The number of hydrogen-bond donors (Lipinski definition) is 1. The van der Waals surface area contributed by atoms with E-state index in [2.05, 4.69) is 20.1 Å². The summed E-state index contributed by atoms with van der Waals surface area (Å²) >= 11 is 11.7. The fraction of sp³-hybridized carbons (Fsp3) is 0.286. The minimum absolute atomic E-state index is 0.290. The second kappa shape index (κ2) is 8.88. The van der Waals surface area contributed by atoms with Gasteiger partial charge in [0.25, 0.3) is 0 Å². The number of nitrogens with one attached hydrogen (secondary N) is 1. The molecule has 2 heterocycles. The summed E-state index contributed by atoms with van der Waals surface area (Å²) in [6, 6.07) is 13.6. The highest BCUT2D eigenvalue weighted by Gasteiger charge is 2.20. The highest BCUT2D eigenvalue weighted by Crippen LogP contribution is 2.22. The van der Waals surface area contributed by atoms with E-state index in [1.807, 2.05) is 17.0 Å². The summed E-state index contributed by atoms with van der Waals surface area (Å²) in [6.45, 7) is 1.35. The summed E-state index contributed by atoms with van der Waals surface area (Å²) in [5, 5.41) is 13.2. The zero-order chi connectivity index (χ0) is 20.2. The van der Waals surface area contributed by atoms with Crippen LogP contribution in [-0.4, -0.2) is 19.9 Å².